The Morgan fingerprint density at radius 1 is 1.16 bits per heavy atom. The van der Waals surface area contributed by atoms with Gasteiger partial charge in [-0.3, -0.25) is 9.69 Å². The van der Waals surface area contributed by atoms with Crippen molar-refractivity contribution in [3.63, 3.8) is 0 Å². The molecule has 1 N–H and O–H groups in total. The van der Waals surface area contributed by atoms with E-state index < -0.39 is 0 Å². The van der Waals surface area contributed by atoms with Crippen molar-refractivity contribution < 1.29 is 4.79 Å². The molecular weight excluding hydrogens is 398 g/mol. The number of carbonyl (C=O) groups excluding carboxylic acids is 1. The smallest absolute Gasteiger partial charge is 0.237 e. The van der Waals surface area contributed by atoms with Crippen LogP contribution in [0.3, 0.4) is 0 Å². The van der Waals surface area contributed by atoms with Crippen LogP contribution in [0.2, 0.25) is 0 Å². The Morgan fingerprint density at radius 2 is 1.94 bits per heavy atom. The van der Waals surface area contributed by atoms with E-state index >= 15 is 0 Å². The second-order valence-corrected chi connectivity index (χ2v) is 11.2. The number of nitrogens with one attached hydrogen (secondary N) is 1. The minimum atomic E-state index is -0.00601. The van der Waals surface area contributed by atoms with Crippen LogP contribution in [0.25, 0.3) is 11.0 Å². The second kappa shape index (κ2) is 8.77. The van der Waals surface area contributed by atoms with Crippen LogP contribution in [0.15, 0.2) is 18.2 Å². The lowest BCUT2D eigenvalue weighted by molar-refractivity contribution is -0.125. The molecule has 2 aliphatic carbocycles. The van der Waals surface area contributed by atoms with Crippen LogP contribution >= 0.6 is 0 Å². The maximum atomic E-state index is 13.2. The van der Waals surface area contributed by atoms with Gasteiger partial charge in [0.25, 0.3) is 0 Å². The van der Waals surface area contributed by atoms with Gasteiger partial charge in [-0.1, -0.05) is 25.1 Å². The SMILES string of the molecule is C[C](C)CN1C[C@H](CC2CCC3(CC2)CC3)C[C@H]1C(=O)NCc1ccc2c(c1)nnn2C. The highest BCUT2D eigenvalue weighted by molar-refractivity contribution is 5.82. The van der Waals surface area contributed by atoms with Gasteiger partial charge in [0.2, 0.25) is 5.91 Å². The molecule has 32 heavy (non-hydrogen) atoms. The van der Waals surface area contributed by atoms with Gasteiger partial charge in [-0.2, -0.15) is 0 Å². The molecule has 2 heterocycles. The van der Waals surface area contributed by atoms with E-state index in [2.05, 4.69) is 40.4 Å². The van der Waals surface area contributed by atoms with Gasteiger partial charge in [-0.05, 0) is 92.2 Å². The third-order valence-corrected chi connectivity index (χ3v) is 8.24. The summed E-state index contributed by atoms with van der Waals surface area (Å²) in [6.45, 7) is 6.88. The van der Waals surface area contributed by atoms with Gasteiger partial charge in [0.15, 0.2) is 0 Å². The summed E-state index contributed by atoms with van der Waals surface area (Å²) in [5.74, 6) is 3.08. The second-order valence-electron chi connectivity index (χ2n) is 11.2. The molecule has 0 unspecified atom stereocenters. The van der Waals surface area contributed by atoms with Crippen LogP contribution in [-0.4, -0.2) is 44.9 Å². The van der Waals surface area contributed by atoms with Gasteiger partial charge in [-0.15, -0.1) is 5.10 Å². The number of benzene rings is 1. The van der Waals surface area contributed by atoms with Crippen molar-refractivity contribution in [1.82, 2.24) is 25.2 Å². The molecule has 1 saturated heterocycles. The number of fused-ring (bicyclic) bond motifs is 1. The van der Waals surface area contributed by atoms with Crippen LogP contribution in [0.4, 0.5) is 0 Å². The molecule has 1 aliphatic heterocycles. The van der Waals surface area contributed by atoms with Crippen LogP contribution in [0.5, 0.6) is 0 Å². The zero-order valence-corrected chi connectivity index (χ0v) is 19.9. The monoisotopic (exact) mass is 436 g/mol. The predicted octanol–water partition coefficient (Wildman–Crippen LogP) is 4.25. The third kappa shape index (κ3) is 4.70. The quantitative estimate of drug-likeness (QED) is 0.705. The molecule has 6 heteroatoms. The maximum Gasteiger partial charge on any atom is 0.237 e. The number of nitrogens with zero attached hydrogens (tertiary/aromatic N) is 4. The van der Waals surface area contributed by atoms with E-state index in [1.165, 1.54) is 50.9 Å². The first-order valence-electron chi connectivity index (χ1n) is 12.5. The largest absolute Gasteiger partial charge is 0.351 e. The van der Waals surface area contributed by atoms with Crippen LogP contribution < -0.4 is 5.32 Å². The van der Waals surface area contributed by atoms with Gasteiger partial charge in [0, 0.05) is 26.7 Å². The lowest BCUT2D eigenvalue weighted by atomic mass is 9.76. The number of hydrogen-bond acceptors (Lipinski definition) is 4. The van der Waals surface area contributed by atoms with Crippen molar-refractivity contribution in [2.75, 3.05) is 13.1 Å². The molecule has 6 nitrogen and oxygen atoms in total. The first-order chi connectivity index (χ1) is 15.4. The zero-order valence-electron chi connectivity index (χ0n) is 19.9. The zero-order chi connectivity index (χ0) is 22.3. The summed E-state index contributed by atoms with van der Waals surface area (Å²) in [5, 5.41) is 11.5. The number of amides is 1. The van der Waals surface area contributed by atoms with E-state index in [0.717, 1.165) is 47.4 Å². The molecule has 1 aromatic carbocycles. The summed E-state index contributed by atoms with van der Waals surface area (Å²) in [5.41, 5.74) is 3.72. The fraction of sp³-hybridized carbons (Fsp3) is 0.692. The Morgan fingerprint density at radius 3 is 2.66 bits per heavy atom. The summed E-state index contributed by atoms with van der Waals surface area (Å²) in [6.07, 6.45) is 11.0. The summed E-state index contributed by atoms with van der Waals surface area (Å²) in [7, 11) is 1.89. The van der Waals surface area contributed by atoms with Gasteiger partial charge >= 0.3 is 0 Å². The van der Waals surface area contributed by atoms with Crippen molar-refractivity contribution in [3.8, 4) is 0 Å². The van der Waals surface area contributed by atoms with Crippen molar-refractivity contribution in [1.29, 1.82) is 0 Å². The molecule has 173 valence electrons. The summed E-state index contributed by atoms with van der Waals surface area (Å²) in [4.78, 5) is 15.6. The van der Waals surface area contributed by atoms with Gasteiger partial charge in [0.05, 0.1) is 11.6 Å². The highest BCUT2D eigenvalue weighted by Gasteiger charge is 2.45. The molecule has 1 spiro atoms. The molecule has 2 aromatic rings. The fourth-order valence-electron chi connectivity index (χ4n) is 6.20. The molecule has 5 rings (SSSR count). The maximum absolute atomic E-state index is 13.2. The first-order valence-corrected chi connectivity index (χ1v) is 12.5. The van der Waals surface area contributed by atoms with E-state index in [-0.39, 0.29) is 11.9 Å². The normalized spacial score (nSPS) is 25.8. The Balaban J connectivity index is 1.18. The summed E-state index contributed by atoms with van der Waals surface area (Å²) < 4.78 is 1.77. The Bertz CT molecular complexity index is 952. The highest BCUT2D eigenvalue weighted by atomic mass is 16.2. The Hall–Kier alpha value is -1.95. The Kier molecular flexibility index (Phi) is 5.99. The minimum Gasteiger partial charge on any atom is -0.351 e. The first kappa shape index (κ1) is 21.9. The van der Waals surface area contributed by atoms with E-state index in [1.54, 1.807) is 4.68 Å². The topological polar surface area (TPSA) is 63.1 Å². The number of carbonyl (C=O) groups is 1. The lowest BCUT2D eigenvalue weighted by Crippen LogP contribution is -2.44. The molecular formula is C26H38N5O. The highest BCUT2D eigenvalue weighted by Crippen LogP contribution is 2.57. The lowest BCUT2D eigenvalue weighted by Gasteiger charge is -2.30. The van der Waals surface area contributed by atoms with Crippen molar-refractivity contribution >= 4 is 16.9 Å². The van der Waals surface area contributed by atoms with Crippen molar-refractivity contribution in [3.05, 3.63) is 29.7 Å². The molecule has 1 amide bonds. The number of likely N-dealkylation sites (tertiary alicyclic amines) is 1. The van der Waals surface area contributed by atoms with E-state index in [1.807, 2.05) is 19.2 Å². The van der Waals surface area contributed by atoms with Crippen LogP contribution in [0.1, 0.15) is 70.8 Å². The number of hydrogen-bond donors (Lipinski definition) is 1. The van der Waals surface area contributed by atoms with Gasteiger partial charge in [0.1, 0.15) is 5.52 Å². The molecule has 2 saturated carbocycles. The molecule has 1 aromatic heterocycles. The van der Waals surface area contributed by atoms with E-state index in [4.69, 9.17) is 0 Å². The average molecular weight is 437 g/mol. The van der Waals surface area contributed by atoms with E-state index in [0.29, 0.717) is 12.5 Å². The minimum absolute atomic E-state index is 0.00601. The molecule has 3 aliphatic rings. The molecule has 0 bridgehead atoms. The standard InChI is InChI=1S/C26H38N5O/c1-18(2)16-31-17-21(12-19-6-8-26(9-7-19)10-11-26)14-24(31)25(32)27-15-20-4-5-23-22(13-20)28-29-30(23)3/h4-5,13,19,21,24H,6-12,14-17H2,1-3H3,(H,27,32)/t21-,24+/m1/s1. The predicted molar refractivity (Wildman–Crippen MR) is 127 cm³/mol. The molecule has 3 fully saturated rings. The van der Waals surface area contributed by atoms with Crippen LogP contribution in [0, 0.1) is 23.2 Å². The van der Waals surface area contributed by atoms with Crippen molar-refractivity contribution in [2.24, 2.45) is 24.3 Å². The molecule has 1 radical (unpaired) electrons. The van der Waals surface area contributed by atoms with Gasteiger partial charge < -0.3 is 5.32 Å². The average Bonchev–Trinajstić information content (AvgIpc) is 3.26. The van der Waals surface area contributed by atoms with Crippen molar-refractivity contribution in [2.45, 2.75) is 77.8 Å². The number of aryl methyl sites for hydroxylation is 1. The molecule has 2 atom stereocenters. The Labute approximate surface area is 192 Å². The summed E-state index contributed by atoms with van der Waals surface area (Å²) >= 11 is 0. The third-order valence-electron chi connectivity index (χ3n) is 8.24. The van der Waals surface area contributed by atoms with E-state index in [9.17, 15) is 4.79 Å². The summed E-state index contributed by atoms with van der Waals surface area (Å²) in [6, 6.07) is 6.10. The number of rotatable bonds is 7. The number of aromatic nitrogens is 3. The van der Waals surface area contributed by atoms with Gasteiger partial charge in [-0.25, -0.2) is 4.68 Å². The van der Waals surface area contributed by atoms with Crippen LogP contribution in [-0.2, 0) is 18.4 Å². The fourth-order valence-corrected chi connectivity index (χ4v) is 6.20.